The van der Waals surface area contributed by atoms with Crippen LogP contribution in [0.15, 0.2) is 66.4 Å². The summed E-state index contributed by atoms with van der Waals surface area (Å²) >= 11 is 7.71. The van der Waals surface area contributed by atoms with Crippen LogP contribution in [0.3, 0.4) is 0 Å². The maximum atomic E-state index is 12.9. The van der Waals surface area contributed by atoms with Gasteiger partial charge in [0, 0.05) is 42.1 Å². The molecule has 0 bridgehead atoms. The van der Waals surface area contributed by atoms with Gasteiger partial charge in [0.15, 0.2) is 5.13 Å². The van der Waals surface area contributed by atoms with Crippen molar-refractivity contribution in [1.82, 2.24) is 29.8 Å². The van der Waals surface area contributed by atoms with Gasteiger partial charge >= 0.3 is 0 Å². The van der Waals surface area contributed by atoms with Crippen molar-refractivity contribution in [3.05, 3.63) is 71.3 Å². The zero-order valence-electron chi connectivity index (χ0n) is 20.0. The number of hydrogen-bond donors (Lipinski definition) is 4. The fourth-order valence-corrected chi connectivity index (χ4v) is 5.00. The number of carbonyl (C=O) groups excluding carboxylic acids is 1. The summed E-state index contributed by atoms with van der Waals surface area (Å²) in [5.74, 6) is 0.597. The number of aromatic amines is 1. The molecule has 2 unspecified atom stereocenters. The molecule has 0 saturated heterocycles. The van der Waals surface area contributed by atoms with E-state index >= 15 is 0 Å². The number of carbonyl (C=O) groups is 1. The summed E-state index contributed by atoms with van der Waals surface area (Å²) in [5.41, 5.74) is 1.97. The topological polar surface area (TPSA) is 113 Å². The minimum Gasteiger partial charge on any atom is -0.356 e. The number of nitrogens with zero attached hydrogens (tertiary/aromatic N) is 4. The van der Waals surface area contributed by atoms with Gasteiger partial charge in [-0.3, -0.25) is 4.79 Å². The Balaban J connectivity index is 1.19. The van der Waals surface area contributed by atoms with Gasteiger partial charge in [-0.05, 0) is 37.6 Å². The fourth-order valence-electron chi connectivity index (χ4n) is 3.98. The quantitative estimate of drug-likeness (QED) is 0.222. The van der Waals surface area contributed by atoms with E-state index in [1.54, 1.807) is 12.4 Å². The first-order valence-corrected chi connectivity index (χ1v) is 12.9. The van der Waals surface area contributed by atoms with Gasteiger partial charge in [-0.1, -0.05) is 42.0 Å². The summed E-state index contributed by atoms with van der Waals surface area (Å²) in [6.07, 6.45) is 13.8. The molecule has 0 aliphatic heterocycles. The summed E-state index contributed by atoms with van der Waals surface area (Å²) < 4.78 is 2.05. The molecule has 1 amide bonds. The van der Waals surface area contributed by atoms with E-state index < -0.39 is 5.54 Å². The molecule has 4 aromatic rings. The number of nitrogens with one attached hydrogen (secondary N) is 4. The van der Waals surface area contributed by atoms with Gasteiger partial charge in [0.05, 0.1) is 29.1 Å². The Hall–Kier alpha value is -3.63. The third-order valence-electron chi connectivity index (χ3n) is 6.33. The van der Waals surface area contributed by atoms with Gasteiger partial charge in [-0.25, -0.2) is 15.0 Å². The van der Waals surface area contributed by atoms with Crippen LogP contribution >= 0.6 is 22.9 Å². The molecule has 36 heavy (non-hydrogen) atoms. The number of thiazole rings is 1. The maximum Gasteiger partial charge on any atom is 0.263 e. The predicted octanol–water partition coefficient (Wildman–Crippen LogP) is 5.28. The Bertz CT molecular complexity index is 1420. The number of aromatic nitrogens is 5. The molecule has 9 nitrogen and oxygen atoms in total. The van der Waals surface area contributed by atoms with Crippen molar-refractivity contribution in [1.29, 1.82) is 0 Å². The first-order valence-electron chi connectivity index (χ1n) is 11.7. The lowest BCUT2D eigenvalue weighted by atomic mass is 9.83. The number of H-pyrrole nitrogens is 1. The molecule has 0 radical (unpaired) electrons. The van der Waals surface area contributed by atoms with E-state index in [-0.39, 0.29) is 11.8 Å². The molecular weight excluding hydrogens is 496 g/mol. The molecule has 0 fully saturated rings. The highest BCUT2D eigenvalue weighted by Crippen LogP contribution is 2.34. The van der Waals surface area contributed by atoms with E-state index in [1.807, 2.05) is 67.4 Å². The molecular formula is C25H27ClN8OS. The predicted molar refractivity (Wildman–Crippen MR) is 145 cm³/mol. The second-order valence-electron chi connectivity index (χ2n) is 8.90. The van der Waals surface area contributed by atoms with Crippen LogP contribution < -0.4 is 16.0 Å². The molecule has 1 aliphatic carbocycles. The summed E-state index contributed by atoms with van der Waals surface area (Å²) in [6, 6.07) is 5.86. The van der Waals surface area contributed by atoms with E-state index in [4.69, 9.17) is 11.6 Å². The summed E-state index contributed by atoms with van der Waals surface area (Å²) in [5, 5.41) is 10.9. The molecule has 186 valence electrons. The first kappa shape index (κ1) is 24.1. The van der Waals surface area contributed by atoms with Gasteiger partial charge in [0.2, 0.25) is 5.95 Å². The van der Waals surface area contributed by atoms with Crippen molar-refractivity contribution in [2.24, 2.45) is 5.92 Å². The molecule has 5 rings (SSSR count). The monoisotopic (exact) mass is 522 g/mol. The van der Waals surface area contributed by atoms with Gasteiger partial charge in [0.25, 0.3) is 5.91 Å². The lowest BCUT2D eigenvalue weighted by Crippen LogP contribution is -2.51. The van der Waals surface area contributed by atoms with Crippen LogP contribution in [-0.2, 0) is 6.54 Å². The van der Waals surface area contributed by atoms with Crippen molar-refractivity contribution >= 4 is 56.6 Å². The molecule has 0 spiro atoms. The smallest absolute Gasteiger partial charge is 0.263 e. The van der Waals surface area contributed by atoms with Crippen molar-refractivity contribution in [2.45, 2.75) is 32.4 Å². The molecule has 2 atom stereocenters. The highest BCUT2D eigenvalue weighted by molar-refractivity contribution is 7.17. The number of amides is 1. The van der Waals surface area contributed by atoms with E-state index in [0.717, 1.165) is 42.2 Å². The van der Waals surface area contributed by atoms with Crippen LogP contribution in [0.1, 0.15) is 29.9 Å². The minimum absolute atomic E-state index is 0.0710. The number of hydrogen-bond acceptors (Lipinski definition) is 7. The second kappa shape index (κ2) is 10.2. The number of imidazole rings is 2. The highest BCUT2D eigenvalue weighted by Gasteiger charge is 2.36. The molecule has 3 aromatic heterocycles. The number of allylic oxidation sites excluding steroid dienone is 2. The van der Waals surface area contributed by atoms with Crippen molar-refractivity contribution in [3.63, 3.8) is 0 Å². The van der Waals surface area contributed by atoms with Gasteiger partial charge in [-0.15, -0.1) is 0 Å². The summed E-state index contributed by atoms with van der Waals surface area (Å²) in [4.78, 5) is 29.8. The Morgan fingerprint density at radius 1 is 1.36 bits per heavy atom. The Labute approximate surface area is 217 Å². The number of rotatable bonds is 9. The van der Waals surface area contributed by atoms with Gasteiger partial charge in [-0.2, -0.15) is 0 Å². The average Bonchev–Trinajstić information content (AvgIpc) is 3.61. The van der Waals surface area contributed by atoms with Crippen LogP contribution in [0.2, 0.25) is 0 Å². The number of fused-ring (bicyclic) bond motifs is 1. The van der Waals surface area contributed by atoms with Gasteiger partial charge < -0.3 is 25.5 Å². The third kappa shape index (κ3) is 5.14. The first-order chi connectivity index (χ1) is 17.4. The third-order valence-corrected chi connectivity index (χ3v) is 7.76. The second-order valence-corrected chi connectivity index (χ2v) is 10.3. The summed E-state index contributed by atoms with van der Waals surface area (Å²) in [7, 11) is 0. The molecule has 0 saturated carbocycles. The van der Waals surface area contributed by atoms with Crippen LogP contribution in [0.4, 0.5) is 16.8 Å². The highest BCUT2D eigenvalue weighted by atomic mass is 35.5. The van der Waals surface area contributed by atoms with Gasteiger partial charge in [0.1, 0.15) is 4.88 Å². The van der Waals surface area contributed by atoms with Crippen molar-refractivity contribution in [2.75, 3.05) is 17.2 Å². The van der Waals surface area contributed by atoms with Crippen LogP contribution in [-0.4, -0.2) is 42.5 Å². The van der Waals surface area contributed by atoms with Crippen molar-refractivity contribution < 1.29 is 4.79 Å². The molecule has 4 N–H and O–H groups in total. The fraction of sp³-hybridized carbons (Fsp3) is 0.280. The summed E-state index contributed by atoms with van der Waals surface area (Å²) in [6.45, 7) is 5.65. The largest absolute Gasteiger partial charge is 0.356 e. The standard InChI is InChI=1S/C25H27ClN8OS/c1-16-5-3-6-21(26)25(16,2)33-22(35)20-14-29-24(36-20)30-17-7-8-18-19(13-17)32-23(31-18)28-9-4-11-34-12-10-27-15-34/h3,5-8,10,12-16H,4,9,11H2,1-2H3,(H,29,30)(H,33,35)(H2,28,31,32). The average molecular weight is 523 g/mol. The lowest BCUT2D eigenvalue weighted by molar-refractivity contribution is 0.0911. The van der Waals surface area contributed by atoms with E-state index in [2.05, 4.69) is 35.9 Å². The van der Waals surface area contributed by atoms with E-state index in [0.29, 0.717) is 15.0 Å². The zero-order chi connectivity index (χ0) is 25.1. The minimum atomic E-state index is -0.651. The SMILES string of the molecule is CC1C=CC=C(Cl)C1(C)NC(=O)c1cnc(Nc2ccc3nc(NCCCn4ccnc4)[nH]c3c2)s1. The molecule has 11 heteroatoms. The Morgan fingerprint density at radius 2 is 2.25 bits per heavy atom. The van der Waals surface area contributed by atoms with Crippen molar-refractivity contribution in [3.8, 4) is 0 Å². The zero-order valence-corrected chi connectivity index (χ0v) is 21.5. The van der Waals surface area contributed by atoms with Crippen LogP contribution in [0, 0.1) is 5.92 Å². The molecule has 3 heterocycles. The number of halogens is 1. The maximum absolute atomic E-state index is 12.9. The number of anilines is 3. The normalized spacial score (nSPS) is 19.3. The molecule has 1 aromatic carbocycles. The van der Waals surface area contributed by atoms with Crippen LogP contribution in [0.25, 0.3) is 11.0 Å². The molecule has 1 aliphatic rings. The van der Waals surface area contributed by atoms with Crippen LogP contribution in [0.5, 0.6) is 0 Å². The number of aryl methyl sites for hydroxylation is 1. The Morgan fingerprint density at radius 3 is 3.06 bits per heavy atom. The van der Waals surface area contributed by atoms with E-state index in [1.165, 1.54) is 11.3 Å². The number of benzene rings is 1. The lowest BCUT2D eigenvalue weighted by Gasteiger charge is -2.36. The van der Waals surface area contributed by atoms with E-state index in [9.17, 15) is 4.79 Å². The Kier molecular flexibility index (Phi) is 6.80.